The minimum atomic E-state index is -0.166. The van der Waals surface area contributed by atoms with Gasteiger partial charge in [-0.05, 0) is 32.0 Å². The molecule has 26 heavy (non-hydrogen) atoms. The van der Waals surface area contributed by atoms with Crippen molar-refractivity contribution in [1.82, 2.24) is 20.2 Å². The summed E-state index contributed by atoms with van der Waals surface area (Å²) in [7, 11) is 0. The van der Waals surface area contributed by atoms with E-state index in [1.165, 1.54) is 0 Å². The molecule has 1 saturated heterocycles. The Balaban J connectivity index is 1.72. The summed E-state index contributed by atoms with van der Waals surface area (Å²) >= 11 is 0. The maximum Gasteiger partial charge on any atom is 0.270 e. The average molecular weight is 353 g/mol. The molecule has 1 atom stereocenters. The molecular weight excluding hydrogens is 326 g/mol. The van der Waals surface area contributed by atoms with Gasteiger partial charge in [-0.25, -0.2) is 9.97 Å². The number of nitrogens with one attached hydrogen (secondary N) is 1. The number of aryl methyl sites for hydroxylation is 1. The third kappa shape index (κ3) is 4.38. The van der Waals surface area contributed by atoms with Crippen molar-refractivity contribution in [2.24, 2.45) is 0 Å². The van der Waals surface area contributed by atoms with Crippen LogP contribution in [0, 0.1) is 6.92 Å². The van der Waals surface area contributed by atoms with E-state index in [0.717, 1.165) is 44.0 Å². The number of anilines is 1. The van der Waals surface area contributed by atoms with Crippen LogP contribution < -0.4 is 10.2 Å². The van der Waals surface area contributed by atoms with Crippen molar-refractivity contribution >= 4 is 11.9 Å². The summed E-state index contributed by atoms with van der Waals surface area (Å²) in [4.78, 5) is 26.3. The minimum absolute atomic E-state index is 0.0736. The van der Waals surface area contributed by atoms with Gasteiger partial charge < -0.3 is 15.1 Å². The number of rotatable bonds is 5. The van der Waals surface area contributed by atoms with Gasteiger partial charge in [-0.1, -0.05) is 37.3 Å². The molecule has 1 aliphatic heterocycles. The fraction of sp³-hybridized carbons (Fsp3) is 0.450. The quantitative estimate of drug-likeness (QED) is 0.894. The van der Waals surface area contributed by atoms with Gasteiger partial charge in [-0.15, -0.1) is 0 Å². The van der Waals surface area contributed by atoms with Crippen LogP contribution in [-0.4, -0.2) is 53.5 Å². The van der Waals surface area contributed by atoms with Crippen LogP contribution >= 0.6 is 0 Å². The molecule has 0 bridgehead atoms. The Kier molecular flexibility index (Phi) is 5.83. The van der Waals surface area contributed by atoms with Crippen LogP contribution in [0.1, 0.15) is 41.6 Å². The van der Waals surface area contributed by atoms with E-state index in [9.17, 15) is 4.79 Å². The van der Waals surface area contributed by atoms with Crippen molar-refractivity contribution in [3.05, 3.63) is 53.3 Å². The first-order chi connectivity index (χ1) is 12.6. The number of carbonyl (C=O) groups is 1. The zero-order chi connectivity index (χ0) is 18.5. The molecule has 0 aliphatic carbocycles. The lowest BCUT2D eigenvalue weighted by molar-refractivity contribution is 0.0934. The molecular formula is C20H27N5O. The molecule has 6 heteroatoms. The predicted octanol–water partition coefficient (Wildman–Crippen LogP) is 2.42. The van der Waals surface area contributed by atoms with Crippen molar-refractivity contribution in [3.63, 3.8) is 0 Å². The van der Waals surface area contributed by atoms with E-state index in [-0.39, 0.29) is 11.9 Å². The van der Waals surface area contributed by atoms with Crippen molar-refractivity contribution < 1.29 is 4.79 Å². The molecule has 1 aromatic heterocycles. The van der Waals surface area contributed by atoms with Crippen LogP contribution in [0.2, 0.25) is 0 Å². The highest BCUT2D eigenvalue weighted by Gasteiger charge is 2.20. The van der Waals surface area contributed by atoms with E-state index in [1.54, 1.807) is 6.07 Å². The second-order valence-corrected chi connectivity index (χ2v) is 6.72. The Labute approximate surface area is 155 Å². The van der Waals surface area contributed by atoms with Gasteiger partial charge in [0, 0.05) is 31.9 Å². The zero-order valence-corrected chi connectivity index (χ0v) is 15.8. The summed E-state index contributed by atoms with van der Waals surface area (Å²) in [5, 5.41) is 3.03. The average Bonchev–Trinajstić information content (AvgIpc) is 2.68. The van der Waals surface area contributed by atoms with Crippen LogP contribution in [0.3, 0.4) is 0 Å². The summed E-state index contributed by atoms with van der Waals surface area (Å²) in [6, 6.07) is 11.6. The minimum Gasteiger partial charge on any atom is -0.344 e. The number of likely N-dealkylation sites (N-methyl/N-ethyl adjacent to an activating group) is 1. The summed E-state index contributed by atoms with van der Waals surface area (Å²) in [6.45, 7) is 10.9. The first-order valence-corrected chi connectivity index (χ1v) is 9.25. The van der Waals surface area contributed by atoms with Gasteiger partial charge in [0.25, 0.3) is 5.91 Å². The maximum atomic E-state index is 12.7. The molecule has 1 fully saturated rings. The van der Waals surface area contributed by atoms with Crippen molar-refractivity contribution in [1.29, 1.82) is 0 Å². The summed E-state index contributed by atoms with van der Waals surface area (Å²) in [5.74, 6) is 0.485. The second-order valence-electron chi connectivity index (χ2n) is 6.72. The zero-order valence-electron chi connectivity index (χ0n) is 15.8. The Morgan fingerprint density at radius 2 is 1.85 bits per heavy atom. The fourth-order valence-electron chi connectivity index (χ4n) is 3.17. The van der Waals surface area contributed by atoms with Gasteiger partial charge in [0.2, 0.25) is 5.95 Å². The molecule has 1 aromatic carbocycles. The first-order valence-electron chi connectivity index (χ1n) is 9.25. The molecule has 6 nitrogen and oxygen atoms in total. The van der Waals surface area contributed by atoms with E-state index in [0.29, 0.717) is 11.6 Å². The highest BCUT2D eigenvalue weighted by atomic mass is 16.1. The number of aromatic nitrogens is 2. The van der Waals surface area contributed by atoms with Gasteiger partial charge in [0.15, 0.2) is 0 Å². The molecule has 1 unspecified atom stereocenters. The van der Waals surface area contributed by atoms with Crippen molar-refractivity contribution in [2.45, 2.75) is 26.8 Å². The lowest BCUT2D eigenvalue weighted by Crippen LogP contribution is -2.47. The third-order valence-electron chi connectivity index (χ3n) is 4.82. The molecule has 0 saturated carbocycles. The SMILES string of the molecule is CCN1CCN(c2nc(C)cc(C(=O)NC(C)c3ccccc3)n2)CC1. The highest BCUT2D eigenvalue weighted by Crippen LogP contribution is 2.15. The Hall–Kier alpha value is -2.47. The van der Waals surface area contributed by atoms with Crippen LogP contribution in [0.4, 0.5) is 5.95 Å². The predicted molar refractivity (Wildman–Crippen MR) is 103 cm³/mol. The maximum absolute atomic E-state index is 12.7. The van der Waals surface area contributed by atoms with Gasteiger partial charge >= 0.3 is 0 Å². The standard InChI is InChI=1S/C20H27N5O/c1-4-24-10-12-25(13-11-24)20-21-15(2)14-18(23-20)19(26)22-16(3)17-8-6-5-7-9-17/h5-9,14,16H,4,10-13H2,1-3H3,(H,22,26). The van der Waals surface area contributed by atoms with Crippen LogP contribution in [-0.2, 0) is 0 Å². The summed E-state index contributed by atoms with van der Waals surface area (Å²) in [5.41, 5.74) is 2.31. The molecule has 0 spiro atoms. The van der Waals surface area contributed by atoms with Crippen molar-refractivity contribution in [2.75, 3.05) is 37.6 Å². The monoisotopic (exact) mass is 353 g/mol. The second kappa shape index (κ2) is 8.27. The summed E-state index contributed by atoms with van der Waals surface area (Å²) < 4.78 is 0. The smallest absolute Gasteiger partial charge is 0.270 e. The van der Waals surface area contributed by atoms with Gasteiger partial charge in [-0.2, -0.15) is 0 Å². The van der Waals surface area contributed by atoms with Crippen LogP contribution in [0.15, 0.2) is 36.4 Å². The first kappa shape index (κ1) is 18.3. The lowest BCUT2D eigenvalue weighted by atomic mass is 10.1. The van der Waals surface area contributed by atoms with E-state index in [4.69, 9.17) is 0 Å². The third-order valence-corrected chi connectivity index (χ3v) is 4.82. The van der Waals surface area contributed by atoms with Crippen LogP contribution in [0.5, 0.6) is 0 Å². The molecule has 2 aromatic rings. The molecule has 1 N–H and O–H groups in total. The number of carbonyl (C=O) groups excluding carboxylic acids is 1. The van der Waals surface area contributed by atoms with Crippen molar-refractivity contribution in [3.8, 4) is 0 Å². The Bertz CT molecular complexity index is 741. The number of amides is 1. The summed E-state index contributed by atoms with van der Waals surface area (Å²) in [6.07, 6.45) is 0. The topological polar surface area (TPSA) is 61.4 Å². The number of hydrogen-bond donors (Lipinski definition) is 1. The van der Waals surface area contributed by atoms with E-state index in [1.807, 2.05) is 44.2 Å². The number of piperazine rings is 1. The van der Waals surface area contributed by atoms with Gasteiger partial charge in [0.1, 0.15) is 5.69 Å². The number of hydrogen-bond acceptors (Lipinski definition) is 5. The molecule has 3 rings (SSSR count). The molecule has 1 aliphatic rings. The van der Waals surface area contributed by atoms with E-state index >= 15 is 0 Å². The molecule has 2 heterocycles. The van der Waals surface area contributed by atoms with E-state index in [2.05, 4.69) is 32.0 Å². The lowest BCUT2D eigenvalue weighted by Gasteiger charge is -2.34. The fourth-order valence-corrected chi connectivity index (χ4v) is 3.17. The van der Waals surface area contributed by atoms with Crippen LogP contribution in [0.25, 0.3) is 0 Å². The Morgan fingerprint density at radius 1 is 1.15 bits per heavy atom. The highest BCUT2D eigenvalue weighted by molar-refractivity contribution is 5.92. The Morgan fingerprint density at radius 3 is 2.50 bits per heavy atom. The largest absolute Gasteiger partial charge is 0.344 e. The number of nitrogens with zero attached hydrogens (tertiary/aromatic N) is 4. The number of benzene rings is 1. The normalized spacial score (nSPS) is 16.3. The molecule has 138 valence electrons. The van der Waals surface area contributed by atoms with Gasteiger partial charge in [-0.3, -0.25) is 4.79 Å². The van der Waals surface area contributed by atoms with Gasteiger partial charge in [0.05, 0.1) is 6.04 Å². The molecule has 1 amide bonds. The molecule has 0 radical (unpaired) electrons. The van der Waals surface area contributed by atoms with E-state index < -0.39 is 0 Å².